The molecule has 2 heterocycles. The zero-order valence-corrected chi connectivity index (χ0v) is 20.9. The quantitative estimate of drug-likeness (QED) is 0.263. The molecule has 3 N–H and O–H groups in total. The van der Waals surface area contributed by atoms with Gasteiger partial charge in [0.25, 0.3) is 5.91 Å². The molecule has 0 bridgehead atoms. The predicted molar refractivity (Wildman–Crippen MR) is 139 cm³/mol. The van der Waals surface area contributed by atoms with Gasteiger partial charge in [0, 0.05) is 24.1 Å². The van der Waals surface area contributed by atoms with Crippen LogP contribution in [-0.2, 0) is 0 Å². The van der Waals surface area contributed by atoms with E-state index in [1.165, 1.54) is 28.9 Å². The van der Waals surface area contributed by atoms with Crippen LogP contribution < -0.4 is 11.1 Å². The summed E-state index contributed by atoms with van der Waals surface area (Å²) in [4.78, 5) is 29.8. The summed E-state index contributed by atoms with van der Waals surface area (Å²) >= 11 is 6.29. The molecule has 2 aromatic heterocycles. The molecule has 0 radical (unpaired) electrons. The van der Waals surface area contributed by atoms with E-state index in [9.17, 15) is 18.4 Å². The van der Waals surface area contributed by atoms with Crippen molar-refractivity contribution in [3.63, 3.8) is 0 Å². The van der Waals surface area contributed by atoms with Crippen LogP contribution >= 0.6 is 11.6 Å². The summed E-state index contributed by atoms with van der Waals surface area (Å²) in [5.74, 6) is -2.56. The van der Waals surface area contributed by atoms with Crippen LogP contribution in [0.15, 0.2) is 60.7 Å². The number of hydrogen-bond donors (Lipinski definition) is 2. The van der Waals surface area contributed by atoms with Crippen LogP contribution in [0.3, 0.4) is 0 Å². The Morgan fingerprint density at radius 3 is 2.49 bits per heavy atom. The molecule has 0 aliphatic heterocycles. The van der Waals surface area contributed by atoms with Gasteiger partial charge in [-0.1, -0.05) is 49.7 Å². The van der Waals surface area contributed by atoms with Gasteiger partial charge in [0.2, 0.25) is 0 Å². The molecular weight excluding hydrogens is 500 g/mol. The van der Waals surface area contributed by atoms with E-state index in [1.54, 1.807) is 24.3 Å². The van der Waals surface area contributed by atoms with Gasteiger partial charge in [-0.3, -0.25) is 9.59 Å². The monoisotopic (exact) mass is 523 g/mol. The SMILES string of the molecule is CC(C)CCC(=O)c1cc(NC(=O)c2cc(-c3nc(N)c(F)cc3F)ccc2Cl)n(-c2ccccc2)n1. The van der Waals surface area contributed by atoms with Crippen molar-refractivity contribution in [1.29, 1.82) is 0 Å². The highest BCUT2D eigenvalue weighted by Gasteiger charge is 2.21. The summed E-state index contributed by atoms with van der Waals surface area (Å²) in [6.07, 6.45) is 1.03. The number of anilines is 2. The van der Waals surface area contributed by atoms with E-state index in [0.29, 0.717) is 30.5 Å². The number of halogens is 3. The molecule has 37 heavy (non-hydrogen) atoms. The molecule has 0 fully saturated rings. The third-order valence-corrected chi connectivity index (χ3v) is 5.96. The molecule has 0 aliphatic carbocycles. The van der Waals surface area contributed by atoms with E-state index >= 15 is 0 Å². The van der Waals surface area contributed by atoms with Crippen molar-refractivity contribution in [2.45, 2.75) is 26.7 Å². The van der Waals surface area contributed by atoms with E-state index < -0.39 is 23.4 Å². The molecule has 0 saturated carbocycles. The lowest BCUT2D eigenvalue weighted by atomic mass is 10.0. The minimum absolute atomic E-state index is 0.0109. The minimum atomic E-state index is -0.985. The zero-order chi connectivity index (χ0) is 26.7. The van der Waals surface area contributed by atoms with E-state index in [0.717, 1.165) is 0 Å². The fraction of sp³-hybridized carbons (Fsp3) is 0.185. The molecule has 4 rings (SSSR count). The number of pyridine rings is 1. The summed E-state index contributed by atoms with van der Waals surface area (Å²) in [6, 6.07) is 15.3. The fourth-order valence-electron chi connectivity index (χ4n) is 3.63. The van der Waals surface area contributed by atoms with Crippen molar-refractivity contribution in [2.24, 2.45) is 5.92 Å². The molecule has 0 atom stereocenters. The first-order valence-corrected chi connectivity index (χ1v) is 11.9. The summed E-state index contributed by atoms with van der Waals surface area (Å²) in [6.45, 7) is 4.06. The van der Waals surface area contributed by atoms with Gasteiger partial charge in [-0.05, 0) is 36.6 Å². The number of amides is 1. The van der Waals surface area contributed by atoms with E-state index in [1.807, 2.05) is 19.9 Å². The number of carbonyl (C=O) groups is 2. The number of rotatable bonds is 8. The number of hydrogen-bond acceptors (Lipinski definition) is 5. The van der Waals surface area contributed by atoms with Crippen molar-refractivity contribution in [2.75, 3.05) is 11.1 Å². The number of Topliss-reactive ketones (excluding diaryl/α,β-unsaturated/α-hetero) is 1. The standard InChI is InChI=1S/C27H24ClF2N5O2/c1-15(2)8-11-23(36)22-14-24(35(34-22)17-6-4-3-5-7-17)32-27(37)18-12-16(9-10-19(18)28)25-20(29)13-21(30)26(31)33-25/h3-7,9-10,12-15H,8,11H2,1-2H3,(H2,31,33)(H,32,37). The lowest BCUT2D eigenvalue weighted by Crippen LogP contribution is -2.16. The molecule has 0 spiro atoms. The molecule has 4 aromatic rings. The van der Waals surface area contributed by atoms with Crippen molar-refractivity contribution in [3.8, 4) is 16.9 Å². The molecule has 10 heteroatoms. The van der Waals surface area contributed by atoms with Crippen molar-refractivity contribution in [3.05, 3.63) is 88.6 Å². The van der Waals surface area contributed by atoms with Crippen LogP contribution in [0.25, 0.3) is 16.9 Å². The smallest absolute Gasteiger partial charge is 0.258 e. The average molecular weight is 524 g/mol. The Bertz CT molecular complexity index is 1470. The van der Waals surface area contributed by atoms with E-state index in [-0.39, 0.29) is 39.1 Å². The van der Waals surface area contributed by atoms with E-state index in [4.69, 9.17) is 17.3 Å². The largest absolute Gasteiger partial charge is 0.381 e. The average Bonchev–Trinajstić information content (AvgIpc) is 3.29. The third kappa shape index (κ3) is 5.83. The van der Waals surface area contributed by atoms with Gasteiger partial charge in [-0.2, -0.15) is 5.10 Å². The van der Waals surface area contributed by atoms with Gasteiger partial charge in [0.05, 0.1) is 16.3 Å². The summed E-state index contributed by atoms with van der Waals surface area (Å²) in [7, 11) is 0. The van der Waals surface area contributed by atoms with Gasteiger partial charge in [0.15, 0.2) is 23.2 Å². The van der Waals surface area contributed by atoms with Crippen LogP contribution in [0.5, 0.6) is 0 Å². The van der Waals surface area contributed by atoms with Crippen LogP contribution in [-0.4, -0.2) is 26.5 Å². The maximum atomic E-state index is 14.4. The molecule has 190 valence electrons. The lowest BCUT2D eigenvalue weighted by molar-refractivity contribution is 0.0969. The Balaban J connectivity index is 1.69. The first kappa shape index (κ1) is 26.0. The number of aromatic nitrogens is 3. The van der Waals surface area contributed by atoms with Crippen molar-refractivity contribution < 1.29 is 18.4 Å². The van der Waals surface area contributed by atoms with Gasteiger partial charge in [-0.25, -0.2) is 18.4 Å². The summed E-state index contributed by atoms with van der Waals surface area (Å²) in [5.41, 5.74) is 6.31. The molecule has 0 unspecified atom stereocenters. The topological polar surface area (TPSA) is 103 Å². The fourth-order valence-corrected chi connectivity index (χ4v) is 3.84. The minimum Gasteiger partial charge on any atom is -0.381 e. The van der Waals surface area contributed by atoms with Gasteiger partial charge in [0.1, 0.15) is 17.2 Å². The second-order valence-corrected chi connectivity index (χ2v) is 9.26. The molecule has 0 saturated heterocycles. The Hall–Kier alpha value is -4.11. The third-order valence-electron chi connectivity index (χ3n) is 5.63. The predicted octanol–water partition coefficient (Wildman–Crippen LogP) is 6.32. The highest BCUT2D eigenvalue weighted by molar-refractivity contribution is 6.34. The molecule has 2 aromatic carbocycles. The number of nitrogens with two attached hydrogens (primary N) is 1. The molecule has 1 amide bonds. The number of benzene rings is 2. The summed E-state index contributed by atoms with van der Waals surface area (Å²) < 4.78 is 29.4. The van der Waals surface area contributed by atoms with Gasteiger partial charge < -0.3 is 11.1 Å². The number of para-hydroxylation sites is 1. The van der Waals surface area contributed by atoms with Crippen molar-refractivity contribution in [1.82, 2.24) is 14.8 Å². The number of nitrogens with one attached hydrogen (secondary N) is 1. The Labute approximate surface area is 217 Å². The number of nitrogen functional groups attached to an aromatic ring is 1. The van der Waals surface area contributed by atoms with Gasteiger partial charge in [-0.15, -0.1) is 0 Å². The Kier molecular flexibility index (Phi) is 7.63. The first-order valence-electron chi connectivity index (χ1n) is 11.6. The van der Waals surface area contributed by atoms with Crippen LogP contribution in [0, 0.1) is 17.6 Å². The maximum Gasteiger partial charge on any atom is 0.258 e. The highest BCUT2D eigenvalue weighted by Crippen LogP contribution is 2.29. The maximum absolute atomic E-state index is 14.4. The Morgan fingerprint density at radius 2 is 1.78 bits per heavy atom. The van der Waals surface area contributed by atoms with Gasteiger partial charge >= 0.3 is 0 Å². The zero-order valence-electron chi connectivity index (χ0n) is 20.1. The second kappa shape index (κ2) is 10.9. The summed E-state index contributed by atoms with van der Waals surface area (Å²) in [5, 5.41) is 7.27. The number of ketones is 1. The lowest BCUT2D eigenvalue weighted by Gasteiger charge is -2.11. The number of nitrogens with zero attached hydrogens (tertiary/aromatic N) is 3. The van der Waals surface area contributed by atoms with Crippen LogP contribution in [0.1, 0.15) is 47.5 Å². The van der Waals surface area contributed by atoms with Crippen molar-refractivity contribution >= 4 is 34.9 Å². The first-order chi connectivity index (χ1) is 17.6. The molecule has 7 nitrogen and oxygen atoms in total. The number of carbonyl (C=O) groups excluding carboxylic acids is 2. The second-order valence-electron chi connectivity index (χ2n) is 8.85. The Morgan fingerprint density at radius 1 is 1.05 bits per heavy atom. The normalized spacial score (nSPS) is 11.1. The van der Waals surface area contributed by atoms with Crippen LogP contribution in [0.2, 0.25) is 5.02 Å². The molecule has 0 aliphatic rings. The van der Waals surface area contributed by atoms with E-state index in [2.05, 4.69) is 15.4 Å². The van der Waals surface area contributed by atoms with Crippen LogP contribution in [0.4, 0.5) is 20.4 Å². The highest BCUT2D eigenvalue weighted by atomic mass is 35.5. The molecular formula is C27H24ClF2N5O2.